The van der Waals surface area contributed by atoms with Crippen LogP contribution in [0.15, 0.2) is 24.3 Å². The normalized spacial score (nSPS) is 27.9. The smallest absolute Gasteiger partial charge is 0.390 e. The van der Waals surface area contributed by atoms with Gasteiger partial charge in [-0.05, 0) is 62.6 Å². The van der Waals surface area contributed by atoms with Gasteiger partial charge in [-0.1, -0.05) is 12.1 Å². The van der Waals surface area contributed by atoms with E-state index in [0.717, 1.165) is 37.0 Å². The molecule has 3 rings (SSSR count). The molecule has 138 valence electrons. The Labute approximate surface area is 145 Å². The molecule has 1 aliphatic heterocycles. The van der Waals surface area contributed by atoms with Gasteiger partial charge in [0.25, 0.3) is 0 Å². The fourth-order valence-corrected chi connectivity index (χ4v) is 3.96. The van der Waals surface area contributed by atoms with E-state index in [1.165, 1.54) is 0 Å². The van der Waals surface area contributed by atoms with E-state index < -0.39 is 17.3 Å². The zero-order chi connectivity index (χ0) is 18.2. The van der Waals surface area contributed by atoms with E-state index in [1.807, 2.05) is 4.90 Å². The molecule has 0 radical (unpaired) electrons. The first-order valence-electron chi connectivity index (χ1n) is 8.81. The van der Waals surface area contributed by atoms with Gasteiger partial charge in [0.1, 0.15) is 0 Å². The Hall–Kier alpha value is -1.56. The molecule has 1 amide bonds. The highest BCUT2D eigenvalue weighted by atomic mass is 19.4. The van der Waals surface area contributed by atoms with E-state index in [1.54, 1.807) is 19.1 Å². The summed E-state index contributed by atoms with van der Waals surface area (Å²) in [7, 11) is 0. The number of aliphatic hydroxyl groups is 1. The summed E-state index contributed by atoms with van der Waals surface area (Å²) in [5.41, 5.74) is -0.401. The van der Waals surface area contributed by atoms with Crippen molar-refractivity contribution in [1.29, 1.82) is 0 Å². The predicted octanol–water partition coefficient (Wildman–Crippen LogP) is 3.65. The van der Waals surface area contributed by atoms with Crippen LogP contribution < -0.4 is 0 Å². The molecule has 1 N–H and O–H groups in total. The lowest BCUT2D eigenvalue weighted by Crippen LogP contribution is -2.51. The summed E-state index contributed by atoms with van der Waals surface area (Å²) in [6.45, 7) is 3.15. The molecule has 1 heterocycles. The number of likely N-dealkylation sites (tertiary alicyclic amines) is 1. The summed E-state index contributed by atoms with van der Waals surface area (Å²) in [5.74, 6) is 0.478. The third kappa shape index (κ3) is 4.35. The topological polar surface area (TPSA) is 40.5 Å². The molecule has 6 heteroatoms. The fourth-order valence-electron chi connectivity index (χ4n) is 3.96. The van der Waals surface area contributed by atoms with Crippen LogP contribution in [0, 0.1) is 11.8 Å². The highest BCUT2D eigenvalue weighted by Gasteiger charge is 2.44. The molecule has 0 bridgehead atoms. The molecule has 0 unspecified atom stereocenters. The molecule has 1 aromatic carbocycles. The van der Waals surface area contributed by atoms with Crippen LogP contribution in [0.1, 0.15) is 43.7 Å². The van der Waals surface area contributed by atoms with Gasteiger partial charge in [-0.25, -0.2) is 0 Å². The summed E-state index contributed by atoms with van der Waals surface area (Å²) < 4.78 is 37.8. The van der Waals surface area contributed by atoms with Crippen molar-refractivity contribution in [3.63, 3.8) is 0 Å². The lowest BCUT2D eigenvalue weighted by Gasteiger charge is -2.43. The van der Waals surface area contributed by atoms with Crippen LogP contribution in [0.5, 0.6) is 0 Å². The Morgan fingerprint density at radius 2 is 1.76 bits per heavy atom. The first kappa shape index (κ1) is 18.2. The fraction of sp³-hybridized carbons (Fsp3) is 0.632. The number of amides is 1. The monoisotopic (exact) mass is 355 g/mol. The second-order valence-electron chi connectivity index (χ2n) is 7.77. The van der Waals surface area contributed by atoms with Crippen LogP contribution in [0.4, 0.5) is 13.2 Å². The molecule has 2 fully saturated rings. The van der Waals surface area contributed by atoms with Crippen molar-refractivity contribution in [2.75, 3.05) is 13.1 Å². The molecule has 0 atom stereocenters. The number of alkyl halides is 3. The van der Waals surface area contributed by atoms with Crippen molar-refractivity contribution in [3.05, 3.63) is 35.4 Å². The molecule has 3 nitrogen and oxygen atoms in total. The van der Waals surface area contributed by atoms with Crippen molar-refractivity contribution in [1.82, 2.24) is 4.90 Å². The van der Waals surface area contributed by atoms with Crippen LogP contribution in [0.3, 0.4) is 0 Å². The van der Waals surface area contributed by atoms with Crippen LogP contribution in [-0.2, 0) is 17.4 Å². The highest BCUT2D eigenvalue weighted by molar-refractivity contribution is 5.80. The average Bonchev–Trinajstić information content (AvgIpc) is 2.52. The van der Waals surface area contributed by atoms with E-state index in [4.69, 9.17) is 0 Å². The minimum atomic E-state index is -4.30. The molecule has 25 heavy (non-hydrogen) atoms. The van der Waals surface area contributed by atoms with Crippen molar-refractivity contribution in [2.45, 2.75) is 50.8 Å². The number of carbonyl (C=O) groups excluding carboxylic acids is 1. The summed E-state index contributed by atoms with van der Waals surface area (Å²) in [5, 5.41) is 9.77. The average molecular weight is 355 g/mol. The van der Waals surface area contributed by atoms with Gasteiger partial charge >= 0.3 is 6.18 Å². The molecule has 1 aromatic rings. The number of halogens is 3. The Morgan fingerprint density at radius 3 is 2.24 bits per heavy atom. The van der Waals surface area contributed by atoms with Gasteiger partial charge in [0, 0.05) is 19.0 Å². The lowest BCUT2D eigenvalue weighted by molar-refractivity contribution is -0.151. The van der Waals surface area contributed by atoms with Crippen LogP contribution in [-0.4, -0.2) is 34.6 Å². The minimum Gasteiger partial charge on any atom is -0.390 e. The van der Waals surface area contributed by atoms with E-state index in [0.29, 0.717) is 31.8 Å². The third-order valence-corrected chi connectivity index (χ3v) is 5.45. The molecule has 1 aliphatic carbocycles. The van der Waals surface area contributed by atoms with Crippen molar-refractivity contribution >= 4 is 5.91 Å². The highest BCUT2D eigenvalue weighted by Crippen LogP contribution is 2.39. The van der Waals surface area contributed by atoms with Gasteiger partial charge in [-0.2, -0.15) is 13.2 Å². The van der Waals surface area contributed by atoms with Gasteiger partial charge in [0.2, 0.25) is 5.91 Å². The molecule has 0 aromatic heterocycles. The number of piperidine rings is 1. The lowest BCUT2D eigenvalue weighted by atomic mass is 9.71. The van der Waals surface area contributed by atoms with Gasteiger partial charge < -0.3 is 10.0 Å². The summed E-state index contributed by atoms with van der Waals surface area (Å²) in [6, 6.07) is 5.38. The minimum absolute atomic E-state index is 0.0542. The number of rotatable bonds is 3. The van der Waals surface area contributed by atoms with E-state index >= 15 is 0 Å². The summed E-state index contributed by atoms with van der Waals surface area (Å²) >= 11 is 0. The van der Waals surface area contributed by atoms with Crippen molar-refractivity contribution in [3.8, 4) is 0 Å². The molecule has 0 spiro atoms. The molecule has 1 saturated heterocycles. The second kappa shape index (κ2) is 6.63. The van der Waals surface area contributed by atoms with Gasteiger partial charge in [-0.15, -0.1) is 0 Å². The zero-order valence-corrected chi connectivity index (χ0v) is 14.4. The summed E-state index contributed by atoms with van der Waals surface area (Å²) in [4.78, 5) is 14.3. The largest absolute Gasteiger partial charge is 0.416 e. The Morgan fingerprint density at radius 1 is 1.20 bits per heavy atom. The number of nitrogens with zero attached hydrogens (tertiary/aromatic N) is 1. The molecule has 1 saturated carbocycles. The molecular weight excluding hydrogens is 331 g/mol. The maximum absolute atomic E-state index is 12.6. The van der Waals surface area contributed by atoms with Crippen LogP contribution >= 0.6 is 0 Å². The van der Waals surface area contributed by atoms with Gasteiger partial charge in [0.05, 0.1) is 11.2 Å². The number of benzene rings is 1. The Kier molecular flexibility index (Phi) is 4.84. The van der Waals surface area contributed by atoms with Gasteiger partial charge in [-0.3, -0.25) is 4.79 Å². The maximum atomic E-state index is 12.6. The second-order valence-corrected chi connectivity index (χ2v) is 7.77. The van der Waals surface area contributed by atoms with Crippen LogP contribution in [0.25, 0.3) is 0 Å². The Balaban J connectivity index is 1.47. The number of hydrogen-bond acceptors (Lipinski definition) is 2. The predicted molar refractivity (Wildman–Crippen MR) is 87.8 cm³/mol. The quantitative estimate of drug-likeness (QED) is 0.899. The third-order valence-electron chi connectivity index (χ3n) is 5.45. The van der Waals surface area contributed by atoms with E-state index in [2.05, 4.69) is 0 Å². The molecular formula is C19H24F3NO2. The van der Waals surface area contributed by atoms with E-state index in [-0.39, 0.29) is 11.8 Å². The SMILES string of the molecule is C[C@]1(O)C[C@@H](C(=O)N2CCC(Cc3ccc(C(F)(F)F)cc3)CC2)C1. The number of hydrogen-bond donors (Lipinski definition) is 1. The van der Waals surface area contributed by atoms with E-state index in [9.17, 15) is 23.1 Å². The first-order valence-corrected chi connectivity index (χ1v) is 8.81. The van der Waals surface area contributed by atoms with Crippen LogP contribution in [0.2, 0.25) is 0 Å². The molecule has 2 aliphatic rings. The zero-order valence-electron chi connectivity index (χ0n) is 14.4. The standard InChI is InChI=1S/C19H24F3NO2/c1-18(25)11-15(12-18)17(24)23-8-6-14(7-9-23)10-13-2-4-16(5-3-13)19(20,21)22/h2-5,14-15,25H,6-12H2,1H3/t15-,18+. The number of carbonyl (C=O) groups is 1. The first-order chi connectivity index (χ1) is 11.6. The van der Waals surface area contributed by atoms with Crippen molar-refractivity contribution < 1.29 is 23.1 Å². The Bertz CT molecular complexity index is 609. The van der Waals surface area contributed by atoms with Crippen molar-refractivity contribution in [2.24, 2.45) is 11.8 Å². The summed E-state index contributed by atoms with van der Waals surface area (Å²) in [6.07, 6.45) is -0.727. The maximum Gasteiger partial charge on any atom is 0.416 e. The van der Waals surface area contributed by atoms with Gasteiger partial charge in [0.15, 0.2) is 0 Å².